The number of benzene rings is 1. The van der Waals surface area contributed by atoms with Crippen LogP contribution in [0, 0.1) is 6.92 Å². The summed E-state index contributed by atoms with van der Waals surface area (Å²) in [5.74, 6) is 0.835. The van der Waals surface area contributed by atoms with Gasteiger partial charge in [0, 0.05) is 31.3 Å². The van der Waals surface area contributed by atoms with Crippen molar-refractivity contribution >= 4 is 28.7 Å². The number of nitrogens with one attached hydrogen (secondary N) is 1. The Bertz CT molecular complexity index is 1060. The molecular formula is C20H25N5O2S. The first-order chi connectivity index (χ1) is 13.4. The average molecular weight is 400 g/mol. The Balaban J connectivity index is 1.70. The van der Waals surface area contributed by atoms with Gasteiger partial charge in [0.05, 0.1) is 17.6 Å². The van der Waals surface area contributed by atoms with E-state index < -0.39 is 0 Å². The number of amides is 1. The monoisotopic (exact) mass is 399 g/mol. The second kappa shape index (κ2) is 8.60. The van der Waals surface area contributed by atoms with Crippen molar-refractivity contribution in [3.63, 3.8) is 0 Å². The van der Waals surface area contributed by atoms with Crippen molar-refractivity contribution < 1.29 is 4.79 Å². The molecule has 8 heteroatoms. The predicted molar refractivity (Wildman–Crippen MR) is 112 cm³/mol. The molecule has 1 amide bonds. The van der Waals surface area contributed by atoms with Crippen LogP contribution in [-0.4, -0.2) is 43.6 Å². The maximum absolute atomic E-state index is 12.6. The van der Waals surface area contributed by atoms with Crippen LogP contribution >= 0.6 is 11.8 Å². The topological polar surface area (TPSA) is 83.9 Å². The zero-order chi connectivity index (χ0) is 20.3. The Labute approximate surface area is 168 Å². The number of fused-ring (bicyclic) bond motifs is 1. The number of imidazole rings is 1. The van der Waals surface area contributed by atoms with E-state index in [9.17, 15) is 9.59 Å². The summed E-state index contributed by atoms with van der Waals surface area (Å²) in [6.07, 6.45) is 2.49. The van der Waals surface area contributed by atoms with Gasteiger partial charge in [-0.05, 0) is 38.7 Å². The highest BCUT2D eigenvalue weighted by atomic mass is 32.2. The van der Waals surface area contributed by atoms with Gasteiger partial charge in [0.25, 0.3) is 5.56 Å². The zero-order valence-corrected chi connectivity index (χ0v) is 17.5. The number of thioether (sulfide) groups is 1. The summed E-state index contributed by atoms with van der Waals surface area (Å²) in [4.78, 5) is 38.3. The predicted octanol–water partition coefficient (Wildman–Crippen LogP) is 2.76. The maximum Gasteiger partial charge on any atom is 0.254 e. The fourth-order valence-corrected chi connectivity index (χ4v) is 3.72. The van der Waals surface area contributed by atoms with E-state index in [-0.39, 0.29) is 17.9 Å². The highest BCUT2D eigenvalue weighted by Crippen LogP contribution is 2.17. The summed E-state index contributed by atoms with van der Waals surface area (Å²) in [6, 6.07) is 7.97. The van der Waals surface area contributed by atoms with Crippen LogP contribution in [0.2, 0.25) is 0 Å². The van der Waals surface area contributed by atoms with Crippen LogP contribution in [-0.2, 0) is 24.3 Å². The maximum atomic E-state index is 12.6. The van der Waals surface area contributed by atoms with Crippen LogP contribution < -0.4 is 5.56 Å². The Morgan fingerprint density at radius 1 is 1.29 bits per heavy atom. The number of aromatic nitrogens is 4. The first-order valence-corrected chi connectivity index (χ1v) is 10.5. The highest BCUT2D eigenvalue weighted by molar-refractivity contribution is 7.98. The van der Waals surface area contributed by atoms with Crippen molar-refractivity contribution in [2.45, 2.75) is 44.9 Å². The smallest absolute Gasteiger partial charge is 0.254 e. The minimum absolute atomic E-state index is 0.0255. The molecule has 0 spiro atoms. The summed E-state index contributed by atoms with van der Waals surface area (Å²) >= 11 is 1.39. The van der Waals surface area contributed by atoms with Gasteiger partial charge in [0.1, 0.15) is 5.82 Å². The number of hydrogen-bond donors (Lipinski definition) is 1. The van der Waals surface area contributed by atoms with E-state index >= 15 is 0 Å². The highest BCUT2D eigenvalue weighted by Gasteiger charge is 2.16. The lowest BCUT2D eigenvalue weighted by Gasteiger charge is -2.17. The van der Waals surface area contributed by atoms with Gasteiger partial charge < -0.3 is 14.5 Å². The molecule has 0 saturated heterocycles. The van der Waals surface area contributed by atoms with E-state index in [1.807, 2.05) is 37.4 Å². The Hall–Kier alpha value is -2.61. The SMILES string of the molecule is CCn1c(CN(C)C(=O)CCc2c(C)nc(SC)[nH]c2=O)nc2ccccc21. The van der Waals surface area contributed by atoms with Crippen LogP contribution in [0.1, 0.15) is 30.4 Å². The summed E-state index contributed by atoms with van der Waals surface area (Å²) in [5, 5.41) is 0.591. The number of rotatable bonds is 7. The Morgan fingerprint density at radius 3 is 2.71 bits per heavy atom. The minimum atomic E-state index is -0.167. The van der Waals surface area contributed by atoms with Crippen LogP contribution in [0.3, 0.4) is 0 Å². The van der Waals surface area contributed by atoms with Gasteiger partial charge in [-0.25, -0.2) is 9.97 Å². The lowest BCUT2D eigenvalue weighted by Crippen LogP contribution is -2.29. The van der Waals surface area contributed by atoms with E-state index in [0.717, 1.165) is 23.4 Å². The number of para-hydroxylation sites is 2. The average Bonchev–Trinajstić information content (AvgIpc) is 3.03. The van der Waals surface area contributed by atoms with Crippen molar-refractivity contribution in [2.24, 2.45) is 0 Å². The molecule has 0 aliphatic heterocycles. The van der Waals surface area contributed by atoms with Crippen LogP contribution in [0.25, 0.3) is 11.0 Å². The molecular weight excluding hydrogens is 374 g/mol. The van der Waals surface area contributed by atoms with Gasteiger partial charge >= 0.3 is 0 Å². The summed E-state index contributed by atoms with van der Waals surface area (Å²) in [5.41, 5.74) is 3.09. The number of hydrogen-bond acceptors (Lipinski definition) is 5. The number of carbonyl (C=O) groups excluding carboxylic acids is 1. The molecule has 0 fully saturated rings. The number of aryl methyl sites for hydroxylation is 2. The van der Waals surface area contributed by atoms with Crippen molar-refractivity contribution in [2.75, 3.05) is 13.3 Å². The lowest BCUT2D eigenvalue weighted by atomic mass is 10.1. The van der Waals surface area contributed by atoms with E-state index in [0.29, 0.717) is 29.4 Å². The Kier molecular flexibility index (Phi) is 6.18. The van der Waals surface area contributed by atoms with Gasteiger partial charge in [0.2, 0.25) is 5.91 Å². The largest absolute Gasteiger partial charge is 0.338 e. The summed E-state index contributed by atoms with van der Waals surface area (Å²) < 4.78 is 2.12. The van der Waals surface area contributed by atoms with Crippen molar-refractivity contribution in [3.8, 4) is 0 Å². The fraction of sp³-hybridized carbons (Fsp3) is 0.400. The first kappa shape index (κ1) is 20.1. The third-order valence-electron chi connectivity index (χ3n) is 4.84. The molecule has 0 aliphatic rings. The Morgan fingerprint density at radius 2 is 2.04 bits per heavy atom. The molecule has 0 unspecified atom stereocenters. The normalized spacial score (nSPS) is 11.1. The van der Waals surface area contributed by atoms with Crippen molar-refractivity contribution in [1.29, 1.82) is 0 Å². The van der Waals surface area contributed by atoms with Crippen LogP contribution in [0.5, 0.6) is 0 Å². The second-order valence-electron chi connectivity index (χ2n) is 6.65. The van der Waals surface area contributed by atoms with Gasteiger partial charge in [0.15, 0.2) is 5.16 Å². The number of carbonyl (C=O) groups is 1. The molecule has 148 valence electrons. The molecule has 0 saturated carbocycles. The summed E-state index contributed by atoms with van der Waals surface area (Å²) in [6.45, 7) is 5.10. The zero-order valence-electron chi connectivity index (χ0n) is 16.7. The molecule has 0 aliphatic carbocycles. The van der Waals surface area contributed by atoms with Crippen molar-refractivity contribution in [1.82, 2.24) is 24.4 Å². The van der Waals surface area contributed by atoms with E-state index in [2.05, 4.69) is 26.4 Å². The molecule has 2 heterocycles. The number of H-pyrrole nitrogens is 1. The van der Waals surface area contributed by atoms with Crippen LogP contribution in [0.15, 0.2) is 34.2 Å². The quantitative estimate of drug-likeness (QED) is 0.488. The van der Waals surface area contributed by atoms with E-state index in [1.54, 1.807) is 11.9 Å². The van der Waals surface area contributed by atoms with E-state index in [1.165, 1.54) is 11.8 Å². The summed E-state index contributed by atoms with van der Waals surface area (Å²) in [7, 11) is 1.77. The van der Waals surface area contributed by atoms with Crippen LogP contribution in [0.4, 0.5) is 0 Å². The van der Waals surface area contributed by atoms with Gasteiger partial charge in [-0.1, -0.05) is 23.9 Å². The van der Waals surface area contributed by atoms with Gasteiger partial charge in [-0.2, -0.15) is 0 Å². The van der Waals surface area contributed by atoms with E-state index in [4.69, 9.17) is 0 Å². The first-order valence-electron chi connectivity index (χ1n) is 9.26. The molecule has 28 heavy (non-hydrogen) atoms. The third kappa shape index (κ3) is 4.11. The fourth-order valence-electron chi connectivity index (χ4n) is 3.30. The van der Waals surface area contributed by atoms with Gasteiger partial charge in [-0.15, -0.1) is 0 Å². The third-order valence-corrected chi connectivity index (χ3v) is 5.42. The molecule has 0 bridgehead atoms. The number of aromatic amines is 1. The molecule has 0 atom stereocenters. The second-order valence-corrected chi connectivity index (χ2v) is 7.44. The minimum Gasteiger partial charge on any atom is -0.338 e. The molecule has 3 aromatic rings. The molecule has 1 aromatic carbocycles. The number of nitrogens with zero attached hydrogens (tertiary/aromatic N) is 4. The lowest BCUT2D eigenvalue weighted by molar-refractivity contribution is -0.130. The standard InChI is InChI=1S/C20H25N5O2S/c1-5-25-16-9-7-6-8-15(16)22-17(25)12-24(3)18(26)11-10-14-13(2)21-20(28-4)23-19(14)27/h6-9H,5,10-12H2,1-4H3,(H,21,23,27). The molecule has 0 radical (unpaired) electrons. The van der Waals surface area contributed by atoms with Crippen molar-refractivity contribution in [3.05, 3.63) is 51.7 Å². The molecule has 1 N–H and O–H groups in total. The van der Waals surface area contributed by atoms with Gasteiger partial charge in [-0.3, -0.25) is 9.59 Å². The molecule has 7 nitrogen and oxygen atoms in total. The molecule has 2 aromatic heterocycles. The molecule has 3 rings (SSSR count).